The maximum atomic E-state index is 12.1. The van der Waals surface area contributed by atoms with E-state index in [9.17, 15) is 9.59 Å². The lowest BCUT2D eigenvalue weighted by Crippen LogP contribution is -2.41. The number of carbonyl (C=O) groups is 2. The van der Waals surface area contributed by atoms with Gasteiger partial charge in [-0.2, -0.15) is 5.26 Å². The van der Waals surface area contributed by atoms with Crippen molar-refractivity contribution in [3.05, 3.63) is 0 Å². The van der Waals surface area contributed by atoms with Gasteiger partial charge in [0.1, 0.15) is 5.60 Å². The van der Waals surface area contributed by atoms with Crippen LogP contribution in [0, 0.1) is 11.3 Å². The Labute approximate surface area is 118 Å². The SMILES string of the molecule is COC(=O)N[C@@H]1C[C@@H](CC#N)N(C(=O)OC(C)(C)C)C1. The lowest BCUT2D eigenvalue weighted by atomic mass is 10.1. The highest BCUT2D eigenvalue weighted by atomic mass is 16.6. The van der Waals surface area contributed by atoms with Gasteiger partial charge in [0.05, 0.1) is 31.7 Å². The summed E-state index contributed by atoms with van der Waals surface area (Å²) in [6.07, 6.45) is -0.288. The molecule has 2 atom stereocenters. The van der Waals surface area contributed by atoms with Gasteiger partial charge in [0, 0.05) is 6.54 Å². The summed E-state index contributed by atoms with van der Waals surface area (Å²) >= 11 is 0. The Morgan fingerprint density at radius 2 is 2.10 bits per heavy atom. The van der Waals surface area contributed by atoms with Crippen LogP contribution in [0.4, 0.5) is 9.59 Å². The van der Waals surface area contributed by atoms with Crippen LogP contribution in [0.5, 0.6) is 0 Å². The molecular formula is C13H21N3O4. The van der Waals surface area contributed by atoms with Gasteiger partial charge in [0.15, 0.2) is 0 Å². The maximum Gasteiger partial charge on any atom is 0.410 e. The van der Waals surface area contributed by atoms with Crippen molar-refractivity contribution in [2.24, 2.45) is 0 Å². The quantitative estimate of drug-likeness (QED) is 0.831. The normalized spacial score (nSPS) is 22.1. The highest BCUT2D eigenvalue weighted by molar-refractivity contribution is 5.70. The standard InChI is InChI=1S/C13H21N3O4/c1-13(2,3)20-12(18)16-8-9(15-11(17)19-4)7-10(16)5-6-14/h9-10H,5,7-8H2,1-4H3,(H,15,17)/t9-,10-/m1/s1. The molecule has 0 radical (unpaired) electrons. The van der Waals surface area contributed by atoms with Crippen molar-refractivity contribution < 1.29 is 19.1 Å². The number of nitriles is 1. The van der Waals surface area contributed by atoms with Crippen LogP contribution in [-0.2, 0) is 9.47 Å². The first-order chi connectivity index (χ1) is 9.26. The minimum absolute atomic E-state index is 0.207. The number of ether oxygens (including phenoxy) is 2. The van der Waals surface area contributed by atoms with E-state index in [2.05, 4.69) is 16.1 Å². The van der Waals surface area contributed by atoms with E-state index in [1.807, 2.05) is 0 Å². The van der Waals surface area contributed by atoms with E-state index < -0.39 is 17.8 Å². The summed E-state index contributed by atoms with van der Waals surface area (Å²) in [7, 11) is 1.28. The molecule has 0 aromatic heterocycles. The fourth-order valence-electron chi connectivity index (χ4n) is 2.09. The molecule has 0 aliphatic carbocycles. The Hall–Kier alpha value is -1.97. The Balaban J connectivity index is 2.70. The van der Waals surface area contributed by atoms with Crippen molar-refractivity contribution in [2.45, 2.75) is 51.3 Å². The Bertz CT molecular complexity index is 411. The average Bonchev–Trinajstić information content (AvgIpc) is 2.70. The van der Waals surface area contributed by atoms with E-state index in [0.29, 0.717) is 13.0 Å². The molecule has 1 aliphatic rings. The predicted molar refractivity (Wildman–Crippen MR) is 70.9 cm³/mol. The van der Waals surface area contributed by atoms with E-state index in [1.54, 1.807) is 20.8 Å². The zero-order chi connectivity index (χ0) is 15.3. The number of carbonyl (C=O) groups excluding carboxylic acids is 2. The molecule has 2 amide bonds. The predicted octanol–water partition coefficient (Wildman–Crippen LogP) is 1.63. The molecule has 0 aromatic rings. The number of alkyl carbamates (subject to hydrolysis) is 1. The van der Waals surface area contributed by atoms with Crippen molar-refractivity contribution >= 4 is 12.2 Å². The number of hydrogen-bond donors (Lipinski definition) is 1. The number of methoxy groups -OCH3 is 1. The molecule has 1 saturated heterocycles. The third kappa shape index (κ3) is 4.61. The van der Waals surface area contributed by atoms with Gasteiger partial charge < -0.3 is 19.7 Å². The summed E-state index contributed by atoms with van der Waals surface area (Å²) in [5.74, 6) is 0. The summed E-state index contributed by atoms with van der Waals surface area (Å²) in [5, 5.41) is 11.5. The van der Waals surface area contributed by atoms with Gasteiger partial charge in [-0.25, -0.2) is 9.59 Å². The van der Waals surface area contributed by atoms with E-state index in [1.165, 1.54) is 12.0 Å². The lowest BCUT2D eigenvalue weighted by molar-refractivity contribution is 0.0226. The van der Waals surface area contributed by atoms with Crippen molar-refractivity contribution in [3.63, 3.8) is 0 Å². The summed E-state index contributed by atoms with van der Waals surface area (Å²) in [6, 6.07) is 1.57. The molecule has 1 aliphatic heterocycles. The number of amides is 2. The maximum absolute atomic E-state index is 12.1. The number of nitrogens with one attached hydrogen (secondary N) is 1. The molecule has 112 valence electrons. The summed E-state index contributed by atoms with van der Waals surface area (Å²) in [6.45, 7) is 5.66. The number of rotatable bonds is 2. The van der Waals surface area contributed by atoms with E-state index in [-0.39, 0.29) is 18.5 Å². The Morgan fingerprint density at radius 3 is 2.60 bits per heavy atom. The first kappa shape index (κ1) is 16.1. The fraction of sp³-hybridized carbons (Fsp3) is 0.769. The zero-order valence-corrected chi connectivity index (χ0v) is 12.3. The monoisotopic (exact) mass is 283 g/mol. The second kappa shape index (κ2) is 6.46. The van der Waals surface area contributed by atoms with Crippen LogP contribution in [0.25, 0.3) is 0 Å². The molecule has 0 saturated carbocycles. The molecule has 1 rings (SSSR count). The van der Waals surface area contributed by atoms with Gasteiger partial charge in [0.2, 0.25) is 0 Å². The molecule has 7 heteroatoms. The average molecular weight is 283 g/mol. The Morgan fingerprint density at radius 1 is 1.45 bits per heavy atom. The van der Waals surface area contributed by atoms with Crippen LogP contribution in [0.1, 0.15) is 33.6 Å². The van der Waals surface area contributed by atoms with E-state index in [0.717, 1.165) is 0 Å². The zero-order valence-electron chi connectivity index (χ0n) is 12.3. The molecule has 0 spiro atoms. The largest absolute Gasteiger partial charge is 0.453 e. The highest BCUT2D eigenvalue weighted by Crippen LogP contribution is 2.23. The number of hydrogen-bond acceptors (Lipinski definition) is 5. The molecule has 0 unspecified atom stereocenters. The van der Waals surface area contributed by atoms with Crippen LogP contribution in [0.2, 0.25) is 0 Å². The first-order valence-electron chi connectivity index (χ1n) is 6.48. The van der Waals surface area contributed by atoms with Gasteiger partial charge in [-0.15, -0.1) is 0 Å². The second-order valence-corrected chi connectivity index (χ2v) is 5.72. The van der Waals surface area contributed by atoms with E-state index >= 15 is 0 Å². The third-order valence-electron chi connectivity index (χ3n) is 2.88. The minimum Gasteiger partial charge on any atom is -0.453 e. The van der Waals surface area contributed by atoms with Gasteiger partial charge >= 0.3 is 12.2 Å². The third-order valence-corrected chi connectivity index (χ3v) is 2.88. The molecule has 1 fully saturated rings. The van der Waals surface area contributed by atoms with Gasteiger partial charge in [0.25, 0.3) is 0 Å². The van der Waals surface area contributed by atoms with Crippen LogP contribution in [0.15, 0.2) is 0 Å². The van der Waals surface area contributed by atoms with Crippen molar-refractivity contribution in [3.8, 4) is 6.07 Å². The van der Waals surface area contributed by atoms with Gasteiger partial charge in [-0.05, 0) is 27.2 Å². The minimum atomic E-state index is -0.595. The summed E-state index contributed by atoms with van der Waals surface area (Å²) in [5.41, 5.74) is -0.595. The van der Waals surface area contributed by atoms with Crippen LogP contribution in [-0.4, -0.2) is 48.4 Å². The molecule has 1 N–H and O–H groups in total. The number of nitrogens with zero attached hydrogens (tertiary/aromatic N) is 2. The lowest BCUT2D eigenvalue weighted by Gasteiger charge is -2.27. The van der Waals surface area contributed by atoms with Crippen molar-refractivity contribution in [1.82, 2.24) is 10.2 Å². The van der Waals surface area contributed by atoms with Gasteiger partial charge in [-0.1, -0.05) is 0 Å². The smallest absolute Gasteiger partial charge is 0.410 e. The van der Waals surface area contributed by atoms with Crippen LogP contribution < -0.4 is 5.32 Å². The molecular weight excluding hydrogens is 262 g/mol. The molecule has 7 nitrogen and oxygen atoms in total. The van der Waals surface area contributed by atoms with Crippen LogP contribution >= 0.6 is 0 Å². The topological polar surface area (TPSA) is 91.7 Å². The van der Waals surface area contributed by atoms with Crippen molar-refractivity contribution in [2.75, 3.05) is 13.7 Å². The van der Waals surface area contributed by atoms with Crippen LogP contribution in [0.3, 0.4) is 0 Å². The fourth-order valence-corrected chi connectivity index (χ4v) is 2.09. The summed E-state index contributed by atoms with van der Waals surface area (Å²) < 4.78 is 9.85. The molecule has 1 heterocycles. The van der Waals surface area contributed by atoms with E-state index in [4.69, 9.17) is 10.00 Å². The first-order valence-corrected chi connectivity index (χ1v) is 6.48. The molecule has 20 heavy (non-hydrogen) atoms. The Kier molecular flexibility index (Phi) is 5.19. The molecule has 0 bridgehead atoms. The molecule has 0 aromatic carbocycles. The second-order valence-electron chi connectivity index (χ2n) is 5.72. The number of likely N-dealkylation sites (tertiary alicyclic amines) is 1. The summed E-state index contributed by atoms with van der Waals surface area (Å²) in [4.78, 5) is 24.8. The highest BCUT2D eigenvalue weighted by Gasteiger charge is 2.38. The van der Waals surface area contributed by atoms with Crippen molar-refractivity contribution in [1.29, 1.82) is 5.26 Å². The van der Waals surface area contributed by atoms with Gasteiger partial charge in [-0.3, -0.25) is 0 Å².